The number of thioether (sulfide) groups is 1. The van der Waals surface area contributed by atoms with Crippen LogP contribution in [0.4, 0.5) is 4.79 Å². The molecule has 0 spiro atoms. The number of phenolic OH excluding ortho intramolecular Hbond substituents is 1. The summed E-state index contributed by atoms with van der Waals surface area (Å²) in [5.74, 6) is 0.836. The van der Waals surface area contributed by atoms with E-state index in [0.717, 1.165) is 32.7 Å². The summed E-state index contributed by atoms with van der Waals surface area (Å²) in [6, 6.07) is 31.2. The smallest absolute Gasteiger partial charge is 0.315 e. The van der Waals surface area contributed by atoms with Crippen molar-refractivity contribution in [3.63, 3.8) is 0 Å². The highest BCUT2D eigenvalue weighted by Gasteiger charge is 2.32. The number of carbonyl (C=O) groups excluding carboxylic acids is 2. The first-order valence-electron chi connectivity index (χ1n) is 15.0. The fraction of sp³-hybridized carbons (Fsp3) is 0.278. The molecule has 0 aromatic heterocycles. The van der Waals surface area contributed by atoms with Crippen LogP contribution in [0.15, 0.2) is 108 Å². The van der Waals surface area contributed by atoms with Crippen molar-refractivity contribution >= 4 is 23.6 Å². The van der Waals surface area contributed by atoms with Crippen LogP contribution in [0.5, 0.6) is 5.75 Å². The maximum absolute atomic E-state index is 12.6. The van der Waals surface area contributed by atoms with Gasteiger partial charge in [0, 0.05) is 29.2 Å². The lowest BCUT2D eigenvalue weighted by Gasteiger charge is -2.36. The fourth-order valence-corrected chi connectivity index (χ4v) is 6.01. The molecule has 4 aromatic rings. The third-order valence-corrected chi connectivity index (χ3v) is 8.82. The Balaban J connectivity index is 1.21. The number of phenols is 1. The van der Waals surface area contributed by atoms with Crippen molar-refractivity contribution in [3.05, 3.63) is 131 Å². The molecule has 1 aliphatic heterocycles. The van der Waals surface area contributed by atoms with Crippen LogP contribution >= 0.6 is 11.8 Å². The van der Waals surface area contributed by atoms with E-state index in [1.54, 1.807) is 23.9 Å². The molecule has 4 aromatic carbocycles. The molecule has 1 aliphatic rings. The van der Waals surface area contributed by atoms with E-state index in [1.807, 2.05) is 91.0 Å². The maximum atomic E-state index is 12.6. The summed E-state index contributed by atoms with van der Waals surface area (Å²) in [6.07, 6.45) is 0.215. The molecule has 45 heavy (non-hydrogen) atoms. The second kappa shape index (κ2) is 15.7. The third kappa shape index (κ3) is 9.42. The lowest BCUT2D eigenvalue weighted by Crippen LogP contribution is -2.46. The van der Waals surface area contributed by atoms with Crippen molar-refractivity contribution in [1.29, 1.82) is 0 Å². The van der Waals surface area contributed by atoms with Gasteiger partial charge in [-0.25, -0.2) is 4.79 Å². The second-order valence-electron chi connectivity index (χ2n) is 11.1. The Morgan fingerprint density at radius 3 is 2.18 bits per heavy atom. The van der Waals surface area contributed by atoms with E-state index < -0.39 is 18.4 Å². The monoisotopic (exact) mass is 626 g/mol. The summed E-state index contributed by atoms with van der Waals surface area (Å²) in [6.45, 7) is 1.75. The number of hydrogen-bond donors (Lipinski definition) is 4. The summed E-state index contributed by atoms with van der Waals surface area (Å²) < 4.78 is 12.9. The minimum atomic E-state index is -0.608. The van der Waals surface area contributed by atoms with Crippen LogP contribution in [-0.2, 0) is 33.8 Å². The van der Waals surface area contributed by atoms with Crippen LogP contribution in [0.2, 0.25) is 0 Å². The molecule has 8 nitrogen and oxygen atoms in total. The maximum Gasteiger partial charge on any atom is 0.315 e. The molecule has 1 fully saturated rings. The number of carbonyl (C=O) groups is 2. The highest BCUT2D eigenvalue weighted by molar-refractivity contribution is 7.99. The molecule has 0 saturated carbocycles. The van der Waals surface area contributed by atoms with Crippen molar-refractivity contribution < 1.29 is 29.3 Å². The van der Waals surface area contributed by atoms with E-state index in [-0.39, 0.29) is 30.3 Å². The number of ketones is 1. The first kappa shape index (κ1) is 32.2. The Bertz CT molecular complexity index is 1530. The summed E-state index contributed by atoms with van der Waals surface area (Å²) >= 11 is 1.66. The Hall–Kier alpha value is -4.15. The van der Waals surface area contributed by atoms with Gasteiger partial charge in [0.1, 0.15) is 5.75 Å². The van der Waals surface area contributed by atoms with Gasteiger partial charge in [0.2, 0.25) is 0 Å². The minimum Gasteiger partial charge on any atom is -0.508 e. The molecular weight excluding hydrogens is 588 g/mol. The zero-order chi connectivity index (χ0) is 31.6. The summed E-state index contributed by atoms with van der Waals surface area (Å²) in [7, 11) is 0. The fourth-order valence-electron chi connectivity index (χ4n) is 5.08. The van der Waals surface area contributed by atoms with Crippen LogP contribution in [0.1, 0.15) is 53.6 Å². The Morgan fingerprint density at radius 2 is 1.51 bits per heavy atom. The van der Waals surface area contributed by atoms with Gasteiger partial charge < -0.3 is 30.3 Å². The number of aromatic hydroxyl groups is 1. The van der Waals surface area contributed by atoms with Gasteiger partial charge in [-0.1, -0.05) is 78.9 Å². The molecule has 0 bridgehead atoms. The van der Waals surface area contributed by atoms with Crippen molar-refractivity contribution in [2.75, 3.05) is 5.75 Å². The quantitative estimate of drug-likeness (QED) is 0.138. The van der Waals surface area contributed by atoms with Crippen molar-refractivity contribution in [2.24, 2.45) is 0 Å². The average Bonchev–Trinajstić information content (AvgIpc) is 3.07. The molecule has 2 amide bonds. The number of aliphatic hydroxyl groups is 1. The lowest BCUT2D eigenvalue weighted by atomic mass is 10.0. The molecule has 0 aliphatic carbocycles. The van der Waals surface area contributed by atoms with Gasteiger partial charge >= 0.3 is 6.03 Å². The number of hydrogen-bond acceptors (Lipinski definition) is 7. The van der Waals surface area contributed by atoms with Crippen LogP contribution in [-0.4, -0.2) is 39.9 Å². The average molecular weight is 627 g/mol. The highest BCUT2D eigenvalue weighted by atomic mass is 32.2. The van der Waals surface area contributed by atoms with E-state index in [1.165, 1.54) is 6.92 Å². The summed E-state index contributed by atoms with van der Waals surface area (Å²) in [5, 5.41) is 24.7. The van der Waals surface area contributed by atoms with Gasteiger partial charge in [-0.3, -0.25) is 4.79 Å². The zero-order valence-corrected chi connectivity index (χ0v) is 25.9. The van der Waals surface area contributed by atoms with E-state index >= 15 is 0 Å². The Kier molecular flexibility index (Phi) is 11.3. The molecular formula is C36H38N2O6S. The molecule has 5 rings (SSSR count). The molecule has 1 saturated heterocycles. The SMILES string of the molecule is CC(=O)[C@@H](Cc1ccccc1)NC(=O)NCc1ccc(C2O[C@H](CSc3ccc(O)cc3)C[C@H](c3ccc(CO)cc3)O2)cc1. The van der Waals surface area contributed by atoms with E-state index in [2.05, 4.69) is 10.6 Å². The second-order valence-corrected chi connectivity index (χ2v) is 12.2. The largest absolute Gasteiger partial charge is 0.508 e. The normalized spacial score (nSPS) is 18.6. The molecule has 9 heteroatoms. The van der Waals surface area contributed by atoms with E-state index in [4.69, 9.17) is 9.47 Å². The van der Waals surface area contributed by atoms with Gasteiger partial charge in [0.05, 0.1) is 24.9 Å². The van der Waals surface area contributed by atoms with E-state index in [0.29, 0.717) is 25.1 Å². The molecule has 1 heterocycles. The molecule has 4 atom stereocenters. The van der Waals surface area contributed by atoms with E-state index in [9.17, 15) is 19.8 Å². The molecule has 1 unspecified atom stereocenters. The lowest BCUT2D eigenvalue weighted by molar-refractivity contribution is -0.245. The van der Waals surface area contributed by atoms with Gasteiger partial charge in [0.15, 0.2) is 12.1 Å². The summed E-state index contributed by atoms with van der Waals surface area (Å²) in [5.41, 5.74) is 4.59. The molecule has 4 N–H and O–H groups in total. The number of Topliss-reactive ketones (excluding diaryl/α,β-unsaturated/α-hetero) is 1. The number of amides is 2. The number of aliphatic hydroxyl groups excluding tert-OH is 1. The topological polar surface area (TPSA) is 117 Å². The standard InChI is InChI=1S/C36H38N2O6S/c1-24(40)33(19-25-5-3-2-4-6-25)38-36(42)37-21-26-7-13-29(14-8-26)35-43-31(23-45-32-17-15-30(41)16-18-32)20-34(44-35)28-11-9-27(22-39)10-12-28/h2-18,31,33-35,39,41H,19-23H2,1H3,(H2,37,38,42)/t31-,33+,34+,35?/m0/s1. The predicted molar refractivity (Wildman–Crippen MR) is 174 cm³/mol. The Labute approximate surface area is 267 Å². The number of rotatable bonds is 12. The van der Waals surface area contributed by atoms with Gasteiger partial charge in [0.25, 0.3) is 0 Å². The van der Waals surface area contributed by atoms with Crippen molar-refractivity contribution in [3.8, 4) is 5.75 Å². The van der Waals surface area contributed by atoms with Crippen LogP contribution in [0.25, 0.3) is 0 Å². The number of urea groups is 1. The van der Waals surface area contributed by atoms with Crippen LogP contribution in [0, 0.1) is 0 Å². The third-order valence-electron chi connectivity index (χ3n) is 7.67. The van der Waals surface area contributed by atoms with Gasteiger partial charge in [-0.05, 0) is 59.9 Å². The predicted octanol–water partition coefficient (Wildman–Crippen LogP) is 6.22. The first-order chi connectivity index (χ1) is 21.9. The van der Waals surface area contributed by atoms with Crippen molar-refractivity contribution in [2.45, 2.75) is 62.4 Å². The minimum absolute atomic E-state index is 0.0166. The zero-order valence-electron chi connectivity index (χ0n) is 25.1. The highest BCUT2D eigenvalue weighted by Crippen LogP contribution is 2.39. The first-order valence-corrected chi connectivity index (χ1v) is 15.9. The summed E-state index contributed by atoms with van der Waals surface area (Å²) in [4.78, 5) is 25.8. The van der Waals surface area contributed by atoms with Crippen LogP contribution in [0.3, 0.4) is 0 Å². The number of nitrogens with one attached hydrogen (secondary N) is 2. The number of benzene rings is 4. The molecule has 234 valence electrons. The van der Waals surface area contributed by atoms with Crippen molar-refractivity contribution in [1.82, 2.24) is 10.6 Å². The number of ether oxygens (including phenoxy) is 2. The Morgan fingerprint density at radius 1 is 0.844 bits per heavy atom. The van der Waals surface area contributed by atoms with Gasteiger partial charge in [-0.2, -0.15) is 0 Å². The van der Waals surface area contributed by atoms with Crippen LogP contribution < -0.4 is 10.6 Å². The molecule has 0 radical (unpaired) electrons. The van der Waals surface area contributed by atoms with Gasteiger partial charge in [-0.15, -0.1) is 11.8 Å².